The highest BCUT2D eigenvalue weighted by atomic mass is 16.5. The van der Waals surface area contributed by atoms with Gasteiger partial charge in [0, 0.05) is 18.6 Å². The zero-order chi connectivity index (χ0) is 17.4. The summed E-state index contributed by atoms with van der Waals surface area (Å²) in [4.78, 5) is 24.8. The highest BCUT2D eigenvalue weighted by Gasteiger charge is 2.38. The van der Waals surface area contributed by atoms with Crippen LogP contribution in [0.1, 0.15) is 59.2 Å². The van der Waals surface area contributed by atoms with Gasteiger partial charge in [0.05, 0.1) is 18.2 Å². The monoisotopic (exact) mass is 342 g/mol. The molecule has 2 aliphatic heterocycles. The second kappa shape index (κ2) is 6.79. The van der Waals surface area contributed by atoms with Gasteiger partial charge in [0.25, 0.3) is 5.91 Å². The SMILES string of the molecule is Cc1ccc(C(=O)N[C@@H]2CCC(=O)N[C@H]2[C@@H]2CCCO2)c2c1CCC2. The molecule has 5 heteroatoms. The van der Waals surface area contributed by atoms with Gasteiger partial charge in [0.2, 0.25) is 5.91 Å². The Morgan fingerprint density at radius 1 is 1.16 bits per heavy atom. The first-order valence-corrected chi connectivity index (χ1v) is 9.46. The van der Waals surface area contributed by atoms with E-state index >= 15 is 0 Å². The number of rotatable bonds is 3. The maximum absolute atomic E-state index is 13.0. The van der Waals surface area contributed by atoms with E-state index in [1.165, 1.54) is 16.7 Å². The number of aryl methyl sites for hydroxylation is 1. The van der Waals surface area contributed by atoms with E-state index in [0.717, 1.165) is 44.3 Å². The Morgan fingerprint density at radius 2 is 2.00 bits per heavy atom. The molecule has 2 saturated heterocycles. The van der Waals surface area contributed by atoms with Gasteiger partial charge < -0.3 is 15.4 Å². The fourth-order valence-electron chi connectivity index (χ4n) is 4.57. The Balaban J connectivity index is 1.53. The molecule has 0 bridgehead atoms. The number of hydrogen-bond acceptors (Lipinski definition) is 3. The van der Waals surface area contributed by atoms with E-state index in [2.05, 4.69) is 23.6 Å². The minimum atomic E-state index is -0.119. The summed E-state index contributed by atoms with van der Waals surface area (Å²) >= 11 is 0. The lowest BCUT2D eigenvalue weighted by Gasteiger charge is -2.36. The molecule has 3 atom stereocenters. The van der Waals surface area contributed by atoms with Gasteiger partial charge in [-0.05, 0) is 68.2 Å². The van der Waals surface area contributed by atoms with Crippen molar-refractivity contribution in [1.29, 1.82) is 0 Å². The molecule has 0 radical (unpaired) electrons. The second-order valence-corrected chi connectivity index (χ2v) is 7.50. The number of carbonyl (C=O) groups is 2. The van der Waals surface area contributed by atoms with Crippen molar-refractivity contribution in [2.75, 3.05) is 6.61 Å². The van der Waals surface area contributed by atoms with E-state index in [-0.39, 0.29) is 30.0 Å². The van der Waals surface area contributed by atoms with Crippen molar-refractivity contribution in [3.8, 4) is 0 Å². The molecule has 0 aromatic heterocycles. The minimum absolute atomic E-state index is 0.0118. The molecule has 5 nitrogen and oxygen atoms in total. The van der Waals surface area contributed by atoms with Gasteiger partial charge in [0.15, 0.2) is 0 Å². The summed E-state index contributed by atoms with van der Waals surface area (Å²) < 4.78 is 5.78. The molecule has 2 amide bonds. The Labute approximate surface area is 148 Å². The van der Waals surface area contributed by atoms with Crippen molar-refractivity contribution in [3.05, 3.63) is 34.4 Å². The molecule has 4 rings (SSSR count). The van der Waals surface area contributed by atoms with Gasteiger partial charge in [-0.15, -0.1) is 0 Å². The van der Waals surface area contributed by atoms with Crippen LogP contribution in [0.2, 0.25) is 0 Å². The minimum Gasteiger partial charge on any atom is -0.376 e. The quantitative estimate of drug-likeness (QED) is 0.883. The lowest BCUT2D eigenvalue weighted by Crippen LogP contribution is -2.60. The number of hydrogen-bond donors (Lipinski definition) is 2. The number of carbonyl (C=O) groups excluding carboxylic acids is 2. The van der Waals surface area contributed by atoms with Crippen molar-refractivity contribution < 1.29 is 14.3 Å². The zero-order valence-corrected chi connectivity index (χ0v) is 14.8. The molecule has 3 aliphatic rings. The third-order valence-electron chi connectivity index (χ3n) is 5.89. The standard InChI is InChI=1S/C20H26N2O3/c1-12-7-8-15(14-5-2-4-13(12)14)20(24)21-16-9-10-18(23)22-19(16)17-6-3-11-25-17/h7-8,16-17,19H,2-6,9-11H2,1H3,(H,21,24)(H,22,23)/t16-,17+,19-/m1/s1. The Kier molecular flexibility index (Phi) is 4.50. The molecule has 0 spiro atoms. The van der Waals surface area contributed by atoms with Crippen LogP contribution in [0, 0.1) is 6.92 Å². The van der Waals surface area contributed by atoms with E-state index in [4.69, 9.17) is 4.74 Å². The fourth-order valence-corrected chi connectivity index (χ4v) is 4.57. The molecular formula is C20H26N2O3. The van der Waals surface area contributed by atoms with Crippen molar-refractivity contribution in [3.63, 3.8) is 0 Å². The predicted molar refractivity (Wildman–Crippen MR) is 94.6 cm³/mol. The van der Waals surface area contributed by atoms with Crippen LogP contribution in [0.15, 0.2) is 12.1 Å². The third kappa shape index (κ3) is 3.17. The molecule has 2 fully saturated rings. The summed E-state index contributed by atoms with van der Waals surface area (Å²) in [6, 6.07) is 3.83. The van der Waals surface area contributed by atoms with Crippen LogP contribution < -0.4 is 10.6 Å². The molecule has 0 unspecified atom stereocenters. The first-order chi connectivity index (χ1) is 12.1. The van der Waals surface area contributed by atoms with E-state index in [0.29, 0.717) is 12.8 Å². The van der Waals surface area contributed by atoms with Crippen LogP contribution in [0.4, 0.5) is 0 Å². The van der Waals surface area contributed by atoms with E-state index in [1.54, 1.807) is 0 Å². The Bertz CT molecular complexity index is 694. The molecule has 1 aromatic carbocycles. The Morgan fingerprint density at radius 3 is 2.80 bits per heavy atom. The average molecular weight is 342 g/mol. The summed E-state index contributed by atoms with van der Waals surface area (Å²) in [5.41, 5.74) is 4.65. The third-order valence-corrected chi connectivity index (χ3v) is 5.89. The predicted octanol–water partition coefficient (Wildman–Crippen LogP) is 2.04. The van der Waals surface area contributed by atoms with Gasteiger partial charge in [-0.2, -0.15) is 0 Å². The number of amides is 2. The van der Waals surface area contributed by atoms with Crippen LogP contribution in [-0.2, 0) is 22.4 Å². The van der Waals surface area contributed by atoms with E-state index in [1.807, 2.05) is 6.07 Å². The molecule has 2 heterocycles. The van der Waals surface area contributed by atoms with Crippen LogP contribution >= 0.6 is 0 Å². The van der Waals surface area contributed by atoms with Gasteiger partial charge in [-0.1, -0.05) is 6.07 Å². The smallest absolute Gasteiger partial charge is 0.251 e. The number of nitrogens with one attached hydrogen (secondary N) is 2. The van der Waals surface area contributed by atoms with Crippen molar-refractivity contribution in [1.82, 2.24) is 10.6 Å². The molecule has 2 N–H and O–H groups in total. The lowest BCUT2D eigenvalue weighted by molar-refractivity contribution is -0.125. The number of benzene rings is 1. The highest BCUT2D eigenvalue weighted by molar-refractivity contribution is 5.96. The molecule has 1 aromatic rings. The summed E-state index contributed by atoms with van der Waals surface area (Å²) in [6.45, 7) is 2.86. The molecule has 25 heavy (non-hydrogen) atoms. The summed E-state index contributed by atoms with van der Waals surface area (Å²) in [7, 11) is 0. The maximum atomic E-state index is 13.0. The maximum Gasteiger partial charge on any atom is 0.251 e. The highest BCUT2D eigenvalue weighted by Crippen LogP contribution is 2.29. The first kappa shape index (κ1) is 16.6. The summed E-state index contributed by atoms with van der Waals surface area (Å²) in [5, 5.41) is 6.25. The van der Waals surface area contributed by atoms with Crippen LogP contribution in [0.5, 0.6) is 0 Å². The molecule has 134 valence electrons. The topological polar surface area (TPSA) is 67.4 Å². The average Bonchev–Trinajstić information content (AvgIpc) is 3.28. The number of fused-ring (bicyclic) bond motifs is 1. The van der Waals surface area contributed by atoms with Gasteiger partial charge in [-0.3, -0.25) is 9.59 Å². The van der Waals surface area contributed by atoms with E-state index < -0.39 is 0 Å². The summed E-state index contributed by atoms with van der Waals surface area (Å²) in [5.74, 6) is 0.0459. The fraction of sp³-hybridized carbons (Fsp3) is 0.600. The Hall–Kier alpha value is -1.88. The van der Waals surface area contributed by atoms with Gasteiger partial charge in [-0.25, -0.2) is 0 Å². The lowest BCUT2D eigenvalue weighted by atomic mass is 9.91. The van der Waals surface area contributed by atoms with Crippen LogP contribution in [-0.4, -0.2) is 36.6 Å². The van der Waals surface area contributed by atoms with Crippen molar-refractivity contribution in [2.24, 2.45) is 0 Å². The molecule has 1 aliphatic carbocycles. The normalized spacial score (nSPS) is 28.5. The van der Waals surface area contributed by atoms with Gasteiger partial charge in [0.1, 0.15) is 0 Å². The zero-order valence-electron chi connectivity index (χ0n) is 14.8. The van der Waals surface area contributed by atoms with Crippen LogP contribution in [0.25, 0.3) is 0 Å². The molecular weight excluding hydrogens is 316 g/mol. The van der Waals surface area contributed by atoms with Crippen molar-refractivity contribution in [2.45, 2.75) is 70.1 Å². The molecule has 0 saturated carbocycles. The summed E-state index contributed by atoms with van der Waals surface area (Å²) in [6.07, 6.45) is 6.28. The largest absolute Gasteiger partial charge is 0.376 e. The second-order valence-electron chi connectivity index (χ2n) is 7.50. The van der Waals surface area contributed by atoms with Crippen molar-refractivity contribution >= 4 is 11.8 Å². The number of ether oxygens (including phenoxy) is 1. The van der Waals surface area contributed by atoms with Crippen LogP contribution in [0.3, 0.4) is 0 Å². The first-order valence-electron chi connectivity index (χ1n) is 9.46. The van der Waals surface area contributed by atoms with Gasteiger partial charge >= 0.3 is 0 Å². The number of piperidine rings is 1. The van der Waals surface area contributed by atoms with E-state index in [9.17, 15) is 9.59 Å².